The molecule has 3 amide bonds. The molecule has 0 radical (unpaired) electrons. The molecule has 0 bridgehead atoms. The average Bonchev–Trinajstić information content (AvgIpc) is 3.63. The summed E-state index contributed by atoms with van der Waals surface area (Å²) in [4.78, 5) is 66.5. The molecule has 240 valence electrons. The van der Waals surface area contributed by atoms with Gasteiger partial charge in [0.2, 0.25) is 11.8 Å². The predicted molar refractivity (Wildman–Crippen MR) is 158 cm³/mol. The molecule has 1 aromatic heterocycles. The lowest BCUT2D eigenvalue weighted by Crippen LogP contribution is -2.54. The van der Waals surface area contributed by atoms with Gasteiger partial charge in [-0.1, -0.05) is 49.3 Å². The van der Waals surface area contributed by atoms with E-state index in [1.165, 1.54) is 7.05 Å². The number of ketones is 1. The summed E-state index contributed by atoms with van der Waals surface area (Å²) in [5.74, 6) is -1.90. The van der Waals surface area contributed by atoms with Crippen LogP contribution in [0.1, 0.15) is 59.4 Å². The van der Waals surface area contributed by atoms with Crippen molar-refractivity contribution >= 4 is 35.6 Å². The Morgan fingerprint density at radius 2 is 1.77 bits per heavy atom. The monoisotopic (exact) mass is 614 g/mol. The number of nitrogens with one attached hydrogen (secondary N) is 3. The van der Waals surface area contributed by atoms with Crippen molar-refractivity contribution in [3.05, 3.63) is 35.9 Å². The molecular formula is C29H42N8O7. The van der Waals surface area contributed by atoms with Gasteiger partial charge in [0.25, 0.3) is 5.95 Å². The molecule has 1 aliphatic rings. The van der Waals surface area contributed by atoms with Crippen molar-refractivity contribution in [3.63, 3.8) is 0 Å². The van der Waals surface area contributed by atoms with Crippen LogP contribution in [0.4, 0.5) is 10.7 Å². The molecule has 0 aliphatic carbocycles. The molecule has 1 aliphatic heterocycles. The number of alkyl carbamates (subject to hydrolysis) is 1. The molecule has 2 heterocycles. The second-order valence-electron chi connectivity index (χ2n) is 11.8. The predicted octanol–water partition coefficient (Wildman–Crippen LogP) is 1.12. The van der Waals surface area contributed by atoms with Crippen LogP contribution in [0.2, 0.25) is 0 Å². The summed E-state index contributed by atoms with van der Waals surface area (Å²) >= 11 is 0. The fourth-order valence-electron chi connectivity index (χ4n) is 4.59. The van der Waals surface area contributed by atoms with Crippen LogP contribution in [0.5, 0.6) is 0 Å². The molecule has 15 heteroatoms. The van der Waals surface area contributed by atoms with Crippen molar-refractivity contribution in [3.8, 4) is 0 Å². The number of benzene rings is 1. The van der Waals surface area contributed by atoms with Crippen LogP contribution in [-0.4, -0.2) is 87.2 Å². The SMILES string of the molecule is CNC(=O)C(NC(=O)[C@@H]1CCCN1c1nnn(CC(=O)C(CC(=O)OC(C)(C)C)NC(=O)OCc2ccccc2)n1)C(C)C. The summed E-state index contributed by atoms with van der Waals surface area (Å²) in [5.41, 5.74) is -0.0474. The number of ether oxygens (including phenoxy) is 2. The zero-order chi connectivity index (χ0) is 32.4. The zero-order valence-electron chi connectivity index (χ0n) is 26.0. The highest BCUT2D eigenvalue weighted by molar-refractivity contribution is 5.92. The van der Waals surface area contributed by atoms with Gasteiger partial charge in [0, 0.05) is 13.6 Å². The highest BCUT2D eigenvalue weighted by Crippen LogP contribution is 2.22. The third-order valence-corrected chi connectivity index (χ3v) is 6.73. The molecule has 15 nitrogen and oxygen atoms in total. The minimum Gasteiger partial charge on any atom is -0.460 e. The lowest BCUT2D eigenvalue weighted by atomic mass is 10.0. The summed E-state index contributed by atoms with van der Waals surface area (Å²) in [6.07, 6.45) is -0.116. The first kappa shape index (κ1) is 33.9. The van der Waals surface area contributed by atoms with E-state index in [4.69, 9.17) is 9.47 Å². The first-order valence-corrected chi connectivity index (χ1v) is 14.6. The number of esters is 1. The van der Waals surface area contributed by atoms with Crippen molar-refractivity contribution in [1.29, 1.82) is 0 Å². The number of hydrogen-bond acceptors (Lipinski definition) is 11. The highest BCUT2D eigenvalue weighted by Gasteiger charge is 2.36. The maximum absolute atomic E-state index is 13.3. The molecule has 1 aromatic carbocycles. The van der Waals surface area contributed by atoms with E-state index < -0.39 is 54.5 Å². The van der Waals surface area contributed by atoms with Gasteiger partial charge >= 0.3 is 12.1 Å². The van der Waals surface area contributed by atoms with Crippen molar-refractivity contribution < 1.29 is 33.4 Å². The lowest BCUT2D eigenvalue weighted by Gasteiger charge is -2.26. The Bertz CT molecular complexity index is 1310. The van der Waals surface area contributed by atoms with E-state index in [0.717, 1.165) is 10.4 Å². The second kappa shape index (κ2) is 15.3. The van der Waals surface area contributed by atoms with Gasteiger partial charge in [-0.15, -0.1) is 5.10 Å². The summed E-state index contributed by atoms with van der Waals surface area (Å²) in [6.45, 7) is 8.78. The van der Waals surface area contributed by atoms with Crippen molar-refractivity contribution in [2.45, 2.75) is 90.8 Å². The summed E-state index contributed by atoms with van der Waals surface area (Å²) in [7, 11) is 1.51. The van der Waals surface area contributed by atoms with E-state index in [0.29, 0.717) is 19.4 Å². The number of nitrogens with zero attached hydrogens (tertiary/aromatic N) is 5. The summed E-state index contributed by atoms with van der Waals surface area (Å²) < 4.78 is 10.6. The molecule has 1 fully saturated rings. The highest BCUT2D eigenvalue weighted by atomic mass is 16.6. The van der Waals surface area contributed by atoms with E-state index in [1.807, 2.05) is 19.9 Å². The Morgan fingerprint density at radius 3 is 2.41 bits per heavy atom. The number of hydrogen-bond donors (Lipinski definition) is 3. The van der Waals surface area contributed by atoms with Crippen molar-refractivity contribution in [1.82, 2.24) is 36.2 Å². The fraction of sp³-hybridized carbons (Fsp3) is 0.586. The van der Waals surface area contributed by atoms with Crippen LogP contribution >= 0.6 is 0 Å². The van der Waals surface area contributed by atoms with Gasteiger partial charge in [0.05, 0.1) is 6.42 Å². The number of likely N-dealkylation sites (N-methyl/N-ethyl adjacent to an activating group) is 1. The van der Waals surface area contributed by atoms with Gasteiger partial charge in [-0.3, -0.25) is 19.2 Å². The maximum Gasteiger partial charge on any atom is 0.408 e. The normalized spacial score (nSPS) is 16.2. The Balaban J connectivity index is 1.68. The van der Waals surface area contributed by atoms with Crippen LogP contribution in [0, 0.1) is 5.92 Å². The Labute approximate surface area is 256 Å². The average molecular weight is 615 g/mol. The summed E-state index contributed by atoms with van der Waals surface area (Å²) in [6, 6.07) is 6.37. The largest absolute Gasteiger partial charge is 0.460 e. The van der Waals surface area contributed by atoms with Gasteiger partial charge in [-0.25, -0.2) is 4.79 Å². The molecule has 3 rings (SSSR count). The third kappa shape index (κ3) is 10.0. The molecule has 2 aromatic rings. The van der Waals surface area contributed by atoms with E-state index in [1.54, 1.807) is 49.9 Å². The fourth-order valence-corrected chi connectivity index (χ4v) is 4.59. The van der Waals surface area contributed by atoms with Crippen molar-refractivity contribution in [2.24, 2.45) is 5.92 Å². The number of Topliss-reactive ketones (excluding diaryl/α,β-unsaturated/α-hetero) is 1. The standard InChI is InChI=1S/C29H42N8O7/c1-18(2)24(26(41)30-6)32-25(40)21-13-10-14-36(21)27-33-35-37(34-27)16-22(38)20(15-23(39)44-29(3,4)5)31-28(42)43-17-19-11-8-7-9-12-19/h7-9,11-12,18,20-21,24H,10,13-17H2,1-6H3,(H,30,41)(H,31,42)(H,32,40)/t20?,21-,24?/m0/s1. The number of carbonyl (C=O) groups is 5. The van der Waals surface area contributed by atoms with Crippen LogP contribution < -0.4 is 20.9 Å². The van der Waals surface area contributed by atoms with Gasteiger partial charge < -0.3 is 30.3 Å². The first-order valence-electron chi connectivity index (χ1n) is 14.6. The van der Waals surface area contributed by atoms with Gasteiger partial charge in [0.15, 0.2) is 5.78 Å². The number of amides is 3. The smallest absolute Gasteiger partial charge is 0.408 e. The van der Waals surface area contributed by atoms with E-state index in [2.05, 4.69) is 31.4 Å². The van der Waals surface area contributed by atoms with E-state index in [-0.39, 0.29) is 30.3 Å². The number of tetrazole rings is 1. The quantitative estimate of drug-likeness (QED) is 0.275. The van der Waals surface area contributed by atoms with Crippen LogP contribution in [0.15, 0.2) is 30.3 Å². The Kier molecular flexibility index (Phi) is 11.8. The maximum atomic E-state index is 13.3. The molecule has 0 saturated carbocycles. The van der Waals surface area contributed by atoms with Crippen LogP contribution in [-0.2, 0) is 41.8 Å². The second-order valence-corrected chi connectivity index (χ2v) is 11.8. The topological polar surface area (TPSA) is 187 Å². The number of anilines is 1. The molecule has 44 heavy (non-hydrogen) atoms. The molecule has 1 saturated heterocycles. The lowest BCUT2D eigenvalue weighted by molar-refractivity contribution is -0.156. The van der Waals surface area contributed by atoms with E-state index in [9.17, 15) is 24.0 Å². The first-order chi connectivity index (χ1) is 20.8. The molecule has 3 N–H and O–H groups in total. The zero-order valence-corrected chi connectivity index (χ0v) is 26.0. The Hall–Kier alpha value is -4.56. The molecule has 3 atom stereocenters. The number of carbonyl (C=O) groups excluding carboxylic acids is 5. The van der Waals surface area contributed by atoms with Gasteiger partial charge in [-0.2, -0.15) is 4.80 Å². The van der Waals surface area contributed by atoms with Crippen molar-refractivity contribution in [2.75, 3.05) is 18.5 Å². The molecular weight excluding hydrogens is 572 g/mol. The number of rotatable bonds is 13. The van der Waals surface area contributed by atoms with Gasteiger partial charge in [0.1, 0.15) is 36.9 Å². The number of aromatic nitrogens is 4. The van der Waals surface area contributed by atoms with Gasteiger partial charge in [-0.05, 0) is 50.3 Å². The summed E-state index contributed by atoms with van der Waals surface area (Å²) in [5, 5.41) is 20.1. The molecule has 2 unspecified atom stereocenters. The minimum absolute atomic E-state index is 0.0282. The van der Waals surface area contributed by atoms with Crippen LogP contribution in [0.3, 0.4) is 0 Å². The van der Waals surface area contributed by atoms with Crippen LogP contribution in [0.25, 0.3) is 0 Å². The Morgan fingerprint density at radius 1 is 1.07 bits per heavy atom. The molecule has 0 spiro atoms. The third-order valence-electron chi connectivity index (χ3n) is 6.73. The minimum atomic E-state index is -1.29. The van der Waals surface area contributed by atoms with E-state index >= 15 is 0 Å².